The Bertz CT molecular complexity index is 1210. The van der Waals surface area contributed by atoms with Crippen molar-refractivity contribution in [2.45, 2.75) is 19.4 Å². The van der Waals surface area contributed by atoms with Crippen LogP contribution in [0.3, 0.4) is 0 Å². The van der Waals surface area contributed by atoms with Gasteiger partial charge < -0.3 is 19.3 Å². The first-order valence-electron chi connectivity index (χ1n) is 11.8. The molecule has 2 aliphatic heterocycles. The molecule has 0 N–H and O–H groups in total. The molecule has 5 rings (SSSR count). The molecule has 0 saturated heterocycles. The predicted octanol–water partition coefficient (Wildman–Crippen LogP) is 4.11. The standard InChI is InChI=1S/C15H17N3OS.C11H13N3OS/c1-18-9-5-8-13(10-18)14-15(17-20-16-14)19-11-12-6-3-2-4-7-12;1-3-7-15-11-10(12-16-13-11)9-5-4-6-14(2)8-9/h2-4,6-8H,5,9-11H2,1H3;1,5H,4,6-8H2,2H3. The SMILES string of the molecule is C#CCOc1nsnc1C1=CCCN(C)C1.CN1CCC=C(c2nsnc2OCc2ccccc2)C1. The van der Waals surface area contributed by atoms with Gasteiger partial charge in [0.2, 0.25) is 0 Å². The maximum absolute atomic E-state index is 5.83. The second-order valence-corrected chi connectivity index (χ2v) is 9.67. The number of hydrogen-bond acceptors (Lipinski definition) is 10. The van der Waals surface area contributed by atoms with Gasteiger partial charge in [0.25, 0.3) is 11.8 Å². The van der Waals surface area contributed by atoms with Crippen molar-refractivity contribution in [2.75, 3.05) is 46.9 Å². The summed E-state index contributed by atoms with van der Waals surface area (Å²) in [7, 11) is 4.21. The van der Waals surface area contributed by atoms with Crippen molar-refractivity contribution in [1.82, 2.24) is 27.3 Å². The summed E-state index contributed by atoms with van der Waals surface area (Å²) in [5.74, 6) is 3.64. The van der Waals surface area contributed by atoms with Crippen LogP contribution in [0, 0.1) is 12.3 Å². The fraction of sp³-hybridized carbons (Fsp3) is 0.385. The van der Waals surface area contributed by atoms with E-state index in [4.69, 9.17) is 15.9 Å². The van der Waals surface area contributed by atoms with Gasteiger partial charge in [0, 0.05) is 26.2 Å². The van der Waals surface area contributed by atoms with Crippen molar-refractivity contribution in [3.05, 3.63) is 59.4 Å². The highest BCUT2D eigenvalue weighted by molar-refractivity contribution is 6.99. The minimum atomic E-state index is 0.238. The third kappa shape index (κ3) is 7.21. The third-order valence-electron chi connectivity index (χ3n) is 5.72. The summed E-state index contributed by atoms with van der Waals surface area (Å²) in [5.41, 5.74) is 5.27. The average molecular weight is 523 g/mol. The van der Waals surface area contributed by atoms with E-state index in [1.54, 1.807) is 0 Å². The topological polar surface area (TPSA) is 76.5 Å². The zero-order chi connectivity index (χ0) is 25.2. The largest absolute Gasteiger partial charge is 0.471 e. The second-order valence-electron chi connectivity index (χ2n) is 8.61. The number of hydrogen-bond donors (Lipinski definition) is 0. The summed E-state index contributed by atoms with van der Waals surface area (Å²) in [6.07, 6.45) is 11.7. The summed E-state index contributed by atoms with van der Waals surface area (Å²) in [6, 6.07) is 10.1. The van der Waals surface area contributed by atoms with Crippen LogP contribution in [0.4, 0.5) is 0 Å². The Balaban J connectivity index is 0.000000174. The van der Waals surface area contributed by atoms with Gasteiger partial charge in [-0.2, -0.15) is 8.75 Å². The predicted molar refractivity (Wildman–Crippen MR) is 145 cm³/mol. The molecule has 2 aliphatic rings. The molecular formula is C26H30N6O2S2. The highest BCUT2D eigenvalue weighted by Crippen LogP contribution is 2.28. The van der Waals surface area contributed by atoms with Gasteiger partial charge in [0.15, 0.2) is 6.61 Å². The number of nitrogens with zero attached hydrogens (tertiary/aromatic N) is 6. The van der Waals surface area contributed by atoms with Gasteiger partial charge in [-0.25, -0.2) is 0 Å². The van der Waals surface area contributed by atoms with E-state index in [0.29, 0.717) is 18.4 Å². The summed E-state index contributed by atoms with van der Waals surface area (Å²) in [5, 5.41) is 0. The van der Waals surface area contributed by atoms with Crippen LogP contribution in [0.15, 0.2) is 42.5 Å². The Hall–Kier alpha value is -3.10. The number of ether oxygens (including phenoxy) is 2. The quantitative estimate of drug-likeness (QED) is 0.429. The van der Waals surface area contributed by atoms with E-state index in [1.807, 2.05) is 30.3 Å². The summed E-state index contributed by atoms with van der Waals surface area (Å²) >= 11 is 2.37. The number of aromatic nitrogens is 4. The lowest BCUT2D eigenvalue weighted by atomic mass is 10.1. The molecule has 0 aliphatic carbocycles. The molecule has 36 heavy (non-hydrogen) atoms. The first kappa shape index (κ1) is 26.0. The molecule has 2 aromatic heterocycles. The van der Waals surface area contributed by atoms with Crippen LogP contribution < -0.4 is 9.47 Å². The van der Waals surface area contributed by atoms with Crippen molar-refractivity contribution < 1.29 is 9.47 Å². The zero-order valence-corrected chi connectivity index (χ0v) is 22.2. The molecule has 0 amide bonds. The van der Waals surface area contributed by atoms with E-state index in [9.17, 15) is 0 Å². The molecule has 10 heteroatoms. The molecule has 0 atom stereocenters. The molecule has 0 fully saturated rings. The van der Waals surface area contributed by atoms with Crippen molar-refractivity contribution >= 4 is 34.6 Å². The van der Waals surface area contributed by atoms with E-state index >= 15 is 0 Å². The fourth-order valence-electron chi connectivity index (χ4n) is 3.91. The Labute approximate surface area is 220 Å². The van der Waals surface area contributed by atoms with Crippen LogP contribution in [0.5, 0.6) is 11.8 Å². The maximum atomic E-state index is 5.83. The number of likely N-dealkylation sites (N-methyl/N-ethyl adjacent to an activating group) is 2. The zero-order valence-electron chi connectivity index (χ0n) is 20.6. The molecule has 4 heterocycles. The summed E-state index contributed by atoms with van der Waals surface area (Å²) in [4.78, 5) is 4.54. The average Bonchev–Trinajstić information content (AvgIpc) is 3.57. The van der Waals surface area contributed by atoms with Crippen molar-refractivity contribution in [2.24, 2.45) is 0 Å². The van der Waals surface area contributed by atoms with Gasteiger partial charge >= 0.3 is 0 Å². The van der Waals surface area contributed by atoms with Crippen LogP contribution in [-0.2, 0) is 6.61 Å². The maximum Gasteiger partial charge on any atom is 0.254 e. The monoisotopic (exact) mass is 522 g/mol. The lowest BCUT2D eigenvalue weighted by Crippen LogP contribution is -2.25. The van der Waals surface area contributed by atoms with Crippen LogP contribution >= 0.6 is 23.5 Å². The molecule has 3 aromatic rings. The van der Waals surface area contributed by atoms with Crippen LogP contribution in [-0.4, -0.2) is 74.2 Å². The van der Waals surface area contributed by atoms with E-state index in [1.165, 1.54) is 22.9 Å². The Morgan fingerprint density at radius 2 is 1.39 bits per heavy atom. The van der Waals surface area contributed by atoms with Crippen molar-refractivity contribution in [3.8, 4) is 24.1 Å². The lowest BCUT2D eigenvalue weighted by molar-refractivity contribution is 0.294. The highest BCUT2D eigenvalue weighted by Gasteiger charge is 2.19. The minimum Gasteiger partial charge on any atom is -0.471 e. The van der Waals surface area contributed by atoms with Crippen LogP contribution in [0.2, 0.25) is 0 Å². The van der Waals surface area contributed by atoms with E-state index in [2.05, 4.69) is 59.5 Å². The van der Waals surface area contributed by atoms with E-state index in [-0.39, 0.29) is 6.61 Å². The molecule has 0 bridgehead atoms. The normalized spacial score (nSPS) is 16.2. The van der Waals surface area contributed by atoms with Gasteiger partial charge in [-0.15, -0.1) is 15.2 Å². The molecule has 8 nitrogen and oxygen atoms in total. The van der Waals surface area contributed by atoms with E-state index < -0.39 is 0 Å². The first-order chi connectivity index (χ1) is 17.6. The lowest BCUT2D eigenvalue weighted by Gasteiger charge is -2.22. The van der Waals surface area contributed by atoms with E-state index in [0.717, 1.165) is 67.7 Å². The Morgan fingerprint density at radius 3 is 1.92 bits per heavy atom. The summed E-state index contributed by atoms with van der Waals surface area (Å²) < 4.78 is 28.2. The molecule has 1 aromatic carbocycles. The Morgan fingerprint density at radius 1 is 0.833 bits per heavy atom. The molecular weight excluding hydrogens is 492 g/mol. The molecule has 0 spiro atoms. The van der Waals surface area contributed by atoms with Crippen molar-refractivity contribution in [1.29, 1.82) is 0 Å². The fourth-order valence-corrected chi connectivity index (χ4v) is 4.97. The first-order valence-corrected chi connectivity index (χ1v) is 13.2. The molecule has 188 valence electrons. The molecule has 0 saturated carbocycles. The van der Waals surface area contributed by atoms with Crippen molar-refractivity contribution in [3.63, 3.8) is 0 Å². The van der Waals surface area contributed by atoms with Gasteiger partial charge in [-0.1, -0.05) is 48.4 Å². The summed E-state index contributed by atoms with van der Waals surface area (Å²) in [6.45, 7) is 4.75. The number of benzene rings is 1. The Kier molecular flexibility index (Phi) is 9.58. The minimum absolute atomic E-state index is 0.238. The second kappa shape index (κ2) is 13.3. The van der Waals surface area contributed by atoms with Crippen LogP contribution in [0.25, 0.3) is 11.1 Å². The van der Waals surface area contributed by atoms with Gasteiger partial charge in [-0.05, 0) is 43.6 Å². The number of rotatable bonds is 7. The highest BCUT2D eigenvalue weighted by atomic mass is 32.1. The third-order valence-corrected chi connectivity index (χ3v) is 6.74. The number of terminal acetylenes is 1. The van der Waals surface area contributed by atoms with Crippen LogP contribution in [0.1, 0.15) is 29.8 Å². The van der Waals surface area contributed by atoms with Gasteiger partial charge in [-0.3, -0.25) is 0 Å². The molecule has 0 radical (unpaired) electrons. The molecule has 0 unspecified atom stereocenters. The van der Waals surface area contributed by atoms with Gasteiger partial charge in [0.05, 0.1) is 23.5 Å². The van der Waals surface area contributed by atoms with Gasteiger partial charge in [0.1, 0.15) is 18.0 Å². The smallest absolute Gasteiger partial charge is 0.254 e.